The summed E-state index contributed by atoms with van der Waals surface area (Å²) in [6.45, 7) is 2.24. The number of hydrogen-bond acceptors (Lipinski definition) is 0. The molecule has 2 rings (SSSR count). The molecule has 0 aromatic rings. The molecule has 0 nitrogen and oxygen atoms in total. The van der Waals surface area contributed by atoms with Crippen molar-refractivity contribution in [3.05, 3.63) is 0 Å². The van der Waals surface area contributed by atoms with Gasteiger partial charge in [-0.3, -0.25) is 4.39 Å². The highest BCUT2D eigenvalue weighted by molar-refractivity contribution is 4.81. The first kappa shape index (κ1) is 13.4. The Kier molecular flexibility index (Phi) is 5.31. The molecule has 2 saturated carbocycles. The third-order valence-corrected chi connectivity index (χ3v) is 5.36. The number of halogens is 1. The van der Waals surface area contributed by atoms with Crippen molar-refractivity contribution in [1.29, 1.82) is 0 Å². The van der Waals surface area contributed by atoms with E-state index >= 15 is 0 Å². The van der Waals surface area contributed by atoms with Gasteiger partial charge in [0, 0.05) is 0 Å². The third-order valence-electron chi connectivity index (χ3n) is 5.36. The van der Waals surface area contributed by atoms with E-state index < -0.39 is 0 Å². The molecule has 0 aliphatic heterocycles. The van der Waals surface area contributed by atoms with Gasteiger partial charge in [0.15, 0.2) is 0 Å². The Bertz CT molecular complexity index is 198. The fourth-order valence-electron chi connectivity index (χ4n) is 4.17. The van der Waals surface area contributed by atoms with Crippen molar-refractivity contribution >= 4 is 0 Å². The minimum atomic E-state index is -0.0735. The molecule has 0 aromatic heterocycles. The molecule has 0 unspecified atom stereocenters. The van der Waals surface area contributed by atoms with Gasteiger partial charge in [0.05, 0.1) is 6.67 Å². The highest BCUT2D eigenvalue weighted by Gasteiger charge is 2.30. The highest BCUT2D eigenvalue weighted by atomic mass is 19.1. The van der Waals surface area contributed by atoms with E-state index in [0.29, 0.717) is 5.92 Å². The fraction of sp³-hybridized carbons (Fsp3) is 1.00. The van der Waals surface area contributed by atoms with Gasteiger partial charge in [-0.25, -0.2) is 0 Å². The minimum absolute atomic E-state index is 0.0735. The summed E-state index contributed by atoms with van der Waals surface area (Å²) < 4.78 is 12.6. The first-order valence-electron chi connectivity index (χ1n) is 7.89. The van der Waals surface area contributed by atoms with Gasteiger partial charge in [-0.15, -0.1) is 0 Å². The van der Waals surface area contributed by atoms with E-state index in [1.807, 2.05) is 0 Å². The Morgan fingerprint density at radius 1 is 0.765 bits per heavy atom. The van der Waals surface area contributed by atoms with Crippen molar-refractivity contribution in [3.63, 3.8) is 0 Å². The van der Waals surface area contributed by atoms with Gasteiger partial charge in [0.2, 0.25) is 0 Å². The SMILES string of the molecule is CCCC1CCC(C2CCC(CF)CC2)CC1. The Morgan fingerprint density at radius 2 is 1.24 bits per heavy atom. The number of rotatable bonds is 4. The molecular weight excluding hydrogens is 211 g/mol. The molecule has 17 heavy (non-hydrogen) atoms. The lowest BCUT2D eigenvalue weighted by atomic mass is 9.69. The topological polar surface area (TPSA) is 0 Å². The lowest BCUT2D eigenvalue weighted by molar-refractivity contribution is 0.134. The molecule has 0 amide bonds. The van der Waals surface area contributed by atoms with Crippen LogP contribution in [0.4, 0.5) is 4.39 Å². The van der Waals surface area contributed by atoms with E-state index in [4.69, 9.17) is 0 Å². The Morgan fingerprint density at radius 3 is 1.65 bits per heavy atom. The highest BCUT2D eigenvalue weighted by Crippen LogP contribution is 2.42. The van der Waals surface area contributed by atoms with Crippen molar-refractivity contribution in [1.82, 2.24) is 0 Å². The van der Waals surface area contributed by atoms with Crippen LogP contribution in [0, 0.1) is 23.7 Å². The van der Waals surface area contributed by atoms with Crippen LogP contribution in [-0.4, -0.2) is 6.67 Å². The molecule has 0 spiro atoms. The van der Waals surface area contributed by atoms with Crippen molar-refractivity contribution in [2.75, 3.05) is 6.67 Å². The summed E-state index contributed by atoms with van der Waals surface area (Å²) in [5, 5.41) is 0. The molecule has 2 aliphatic rings. The number of hydrogen-bond donors (Lipinski definition) is 0. The first-order valence-corrected chi connectivity index (χ1v) is 7.89. The monoisotopic (exact) mass is 240 g/mol. The van der Waals surface area contributed by atoms with Gasteiger partial charge in [0.25, 0.3) is 0 Å². The van der Waals surface area contributed by atoms with Gasteiger partial charge < -0.3 is 0 Å². The molecule has 1 heteroatoms. The lowest BCUT2D eigenvalue weighted by Crippen LogP contribution is -2.26. The maximum atomic E-state index is 12.6. The van der Waals surface area contributed by atoms with Crippen molar-refractivity contribution < 1.29 is 4.39 Å². The molecule has 100 valence electrons. The van der Waals surface area contributed by atoms with E-state index in [2.05, 4.69) is 6.92 Å². The normalized spacial score (nSPS) is 39.2. The summed E-state index contributed by atoms with van der Waals surface area (Å²) in [5.74, 6) is 3.37. The van der Waals surface area contributed by atoms with E-state index in [0.717, 1.165) is 30.6 Å². The summed E-state index contributed by atoms with van der Waals surface area (Å²) in [6.07, 6.45) is 13.6. The zero-order valence-electron chi connectivity index (χ0n) is 11.5. The molecule has 0 heterocycles. The Balaban J connectivity index is 1.70. The van der Waals surface area contributed by atoms with Crippen LogP contribution in [-0.2, 0) is 0 Å². The van der Waals surface area contributed by atoms with Crippen LogP contribution in [0.5, 0.6) is 0 Å². The quantitative estimate of drug-likeness (QED) is 0.620. The van der Waals surface area contributed by atoms with E-state index in [1.54, 1.807) is 0 Å². The van der Waals surface area contributed by atoms with Crippen LogP contribution < -0.4 is 0 Å². The Labute approximate surface area is 106 Å². The molecule has 0 aromatic carbocycles. The maximum Gasteiger partial charge on any atom is 0.0922 e. The summed E-state index contributed by atoms with van der Waals surface area (Å²) >= 11 is 0. The van der Waals surface area contributed by atoms with Gasteiger partial charge in [-0.2, -0.15) is 0 Å². The number of alkyl halides is 1. The fourth-order valence-corrected chi connectivity index (χ4v) is 4.17. The lowest BCUT2D eigenvalue weighted by Gasteiger charge is -2.37. The maximum absolute atomic E-state index is 12.6. The van der Waals surface area contributed by atoms with Gasteiger partial charge >= 0.3 is 0 Å². The average molecular weight is 240 g/mol. The molecule has 0 saturated heterocycles. The largest absolute Gasteiger partial charge is 0.251 e. The summed E-state index contributed by atoms with van der Waals surface area (Å²) in [4.78, 5) is 0. The zero-order valence-corrected chi connectivity index (χ0v) is 11.5. The summed E-state index contributed by atoms with van der Waals surface area (Å²) in [6, 6.07) is 0. The van der Waals surface area contributed by atoms with Crippen molar-refractivity contribution in [2.24, 2.45) is 23.7 Å². The van der Waals surface area contributed by atoms with Crippen molar-refractivity contribution in [2.45, 2.75) is 71.1 Å². The van der Waals surface area contributed by atoms with Crippen LogP contribution in [0.25, 0.3) is 0 Å². The van der Waals surface area contributed by atoms with Gasteiger partial charge in [-0.1, -0.05) is 32.6 Å². The van der Waals surface area contributed by atoms with Crippen molar-refractivity contribution in [3.8, 4) is 0 Å². The second kappa shape index (κ2) is 6.75. The molecule has 0 radical (unpaired) electrons. The predicted octanol–water partition coefficient (Wildman–Crippen LogP) is 5.37. The van der Waals surface area contributed by atoms with Crippen LogP contribution in [0.3, 0.4) is 0 Å². The molecule has 2 fully saturated rings. The van der Waals surface area contributed by atoms with E-state index in [-0.39, 0.29) is 6.67 Å². The second-order valence-corrected chi connectivity index (χ2v) is 6.50. The van der Waals surface area contributed by atoms with Crippen LogP contribution in [0.15, 0.2) is 0 Å². The smallest absolute Gasteiger partial charge is 0.0922 e. The van der Waals surface area contributed by atoms with Gasteiger partial charge in [-0.05, 0) is 62.2 Å². The molecule has 2 aliphatic carbocycles. The summed E-state index contributed by atoms with van der Waals surface area (Å²) in [7, 11) is 0. The average Bonchev–Trinajstić information content (AvgIpc) is 2.40. The Hall–Kier alpha value is -0.0700. The van der Waals surface area contributed by atoms with Crippen LogP contribution in [0.1, 0.15) is 71.1 Å². The first-order chi connectivity index (χ1) is 8.33. The molecule has 0 atom stereocenters. The zero-order chi connectivity index (χ0) is 12.1. The van der Waals surface area contributed by atoms with Gasteiger partial charge in [0.1, 0.15) is 0 Å². The third kappa shape index (κ3) is 3.69. The molecule has 0 bridgehead atoms. The second-order valence-electron chi connectivity index (χ2n) is 6.50. The van der Waals surface area contributed by atoms with E-state index in [9.17, 15) is 4.39 Å². The predicted molar refractivity (Wildman–Crippen MR) is 71.8 cm³/mol. The molecular formula is C16H29F. The molecule has 0 N–H and O–H groups in total. The van der Waals surface area contributed by atoms with Crippen LogP contribution >= 0.6 is 0 Å². The summed E-state index contributed by atoms with van der Waals surface area (Å²) in [5.41, 5.74) is 0. The minimum Gasteiger partial charge on any atom is -0.251 e. The van der Waals surface area contributed by atoms with Crippen LogP contribution in [0.2, 0.25) is 0 Å². The standard InChI is InChI=1S/C16H29F/c1-2-3-13-4-8-15(9-5-13)16-10-6-14(12-17)7-11-16/h13-16H,2-12H2,1H3. The van der Waals surface area contributed by atoms with E-state index in [1.165, 1.54) is 51.4 Å².